The van der Waals surface area contributed by atoms with Crippen LogP contribution in [0.15, 0.2) is 34.7 Å². The number of furan rings is 1. The quantitative estimate of drug-likeness (QED) is 0.886. The van der Waals surface area contributed by atoms with Gasteiger partial charge in [-0.1, -0.05) is 32.0 Å². The average molecular weight is 269 g/mol. The molecule has 0 saturated carbocycles. The van der Waals surface area contributed by atoms with Crippen molar-refractivity contribution in [1.29, 1.82) is 0 Å². The number of hydrogen-bond donors (Lipinski definition) is 1. The van der Waals surface area contributed by atoms with Crippen LogP contribution in [0.3, 0.4) is 0 Å². The fourth-order valence-corrected chi connectivity index (χ4v) is 3.10. The highest BCUT2D eigenvalue weighted by Gasteiger charge is 2.19. The highest BCUT2D eigenvalue weighted by molar-refractivity contribution is 5.38. The van der Waals surface area contributed by atoms with E-state index in [2.05, 4.69) is 49.5 Å². The predicted octanol–water partition coefficient (Wildman–Crippen LogP) is 4.03. The molecular formula is C18H23NO. The molecule has 1 unspecified atom stereocenters. The molecule has 0 bridgehead atoms. The summed E-state index contributed by atoms with van der Waals surface area (Å²) in [5.41, 5.74) is 4.37. The van der Waals surface area contributed by atoms with Crippen LogP contribution in [0, 0.1) is 0 Å². The number of benzene rings is 1. The molecule has 0 aliphatic heterocycles. The molecule has 0 amide bonds. The maximum atomic E-state index is 5.96. The van der Waals surface area contributed by atoms with Crippen LogP contribution in [-0.4, -0.2) is 6.54 Å². The summed E-state index contributed by atoms with van der Waals surface area (Å²) in [6.45, 7) is 5.20. The normalized spacial score (nSPS) is 15.3. The van der Waals surface area contributed by atoms with Crippen molar-refractivity contribution >= 4 is 0 Å². The van der Waals surface area contributed by atoms with Gasteiger partial charge in [0.15, 0.2) is 0 Å². The summed E-state index contributed by atoms with van der Waals surface area (Å²) in [5.74, 6) is 2.09. The van der Waals surface area contributed by atoms with Crippen LogP contribution in [0.1, 0.15) is 54.5 Å². The Bertz CT molecular complexity index is 585. The molecule has 20 heavy (non-hydrogen) atoms. The minimum absolute atomic E-state index is 0.172. The average Bonchev–Trinajstić information content (AvgIpc) is 3.12. The maximum absolute atomic E-state index is 5.96. The van der Waals surface area contributed by atoms with Gasteiger partial charge in [0, 0.05) is 6.42 Å². The molecule has 1 aliphatic carbocycles. The highest BCUT2D eigenvalue weighted by Crippen LogP contribution is 2.29. The fraction of sp³-hybridized carbons (Fsp3) is 0.444. The Morgan fingerprint density at radius 3 is 2.70 bits per heavy atom. The molecule has 106 valence electrons. The van der Waals surface area contributed by atoms with E-state index in [-0.39, 0.29) is 6.04 Å². The van der Waals surface area contributed by atoms with Crippen molar-refractivity contribution in [1.82, 2.24) is 5.32 Å². The van der Waals surface area contributed by atoms with Crippen molar-refractivity contribution in [2.45, 2.75) is 45.6 Å². The van der Waals surface area contributed by atoms with E-state index in [1.165, 1.54) is 36.0 Å². The van der Waals surface area contributed by atoms with E-state index in [1.54, 1.807) is 0 Å². The minimum Gasteiger partial charge on any atom is -0.464 e. The van der Waals surface area contributed by atoms with Gasteiger partial charge >= 0.3 is 0 Å². The van der Waals surface area contributed by atoms with Crippen LogP contribution in [0.5, 0.6) is 0 Å². The van der Waals surface area contributed by atoms with E-state index in [0.717, 1.165) is 24.5 Å². The summed E-state index contributed by atoms with van der Waals surface area (Å²) < 4.78 is 5.96. The van der Waals surface area contributed by atoms with Gasteiger partial charge in [-0.15, -0.1) is 0 Å². The summed E-state index contributed by atoms with van der Waals surface area (Å²) >= 11 is 0. The van der Waals surface area contributed by atoms with E-state index in [1.807, 2.05) is 0 Å². The number of hydrogen-bond acceptors (Lipinski definition) is 2. The lowest BCUT2D eigenvalue weighted by Crippen LogP contribution is -2.21. The largest absolute Gasteiger partial charge is 0.464 e. The van der Waals surface area contributed by atoms with Crippen molar-refractivity contribution in [2.24, 2.45) is 0 Å². The van der Waals surface area contributed by atoms with Crippen molar-refractivity contribution < 1.29 is 4.42 Å². The molecule has 0 fully saturated rings. The Labute approximate surface area is 121 Å². The standard InChI is InChI=1S/C18H23NO/c1-3-16-10-11-17(20-16)18(19-4-2)15-9-8-13-6-5-7-14(13)12-15/h8-12,18-19H,3-7H2,1-2H3. The van der Waals surface area contributed by atoms with Gasteiger partial charge in [-0.05, 0) is 54.6 Å². The highest BCUT2D eigenvalue weighted by atomic mass is 16.3. The Balaban J connectivity index is 1.93. The lowest BCUT2D eigenvalue weighted by atomic mass is 9.99. The van der Waals surface area contributed by atoms with E-state index < -0.39 is 0 Å². The zero-order valence-electron chi connectivity index (χ0n) is 12.4. The first kappa shape index (κ1) is 13.4. The molecule has 1 heterocycles. The molecular weight excluding hydrogens is 246 g/mol. The van der Waals surface area contributed by atoms with Gasteiger partial charge < -0.3 is 9.73 Å². The summed E-state index contributed by atoms with van der Waals surface area (Å²) in [6.07, 6.45) is 4.71. The summed E-state index contributed by atoms with van der Waals surface area (Å²) in [5, 5.41) is 3.55. The molecule has 2 heteroatoms. The first-order valence-electron chi connectivity index (χ1n) is 7.75. The third kappa shape index (κ3) is 2.53. The molecule has 2 aromatic rings. The smallest absolute Gasteiger partial charge is 0.125 e. The summed E-state index contributed by atoms with van der Waals surface area (Å²) in [7, 11) is 0. The molecule has 1 aliphatic rings. The Morgan fingerprint density at radius 1 is 1.10 bits per heavy atom. The zero-order chi connectivity index (χ0) is 13.9. The molecule has 2 nitrogen and oxygen atoms in total. The van der Waals surface area contributed by atoms with Crippen molar-refractivity contribution in [2.75, 3.05) is 6.54 Å². The number of nitrogens with one attached hydrogen (secondary N) is 1. The lowest BCUT2D eigenvalue weighted by molar-refractivity contribution is 0.426. The number of fused-ring (bicyclic) bond motifs is 1. The molecule has 1 atom stereocenters. The molecule has 3 rings (SSSR count). The van der Waals surface area contributed by atoms with Gasteiger partial charge in [0.2, 0.25) is 0 Å². The summed E-state index contributed by atoms with van der Waals surface area (Å²) in [4.78, 5) is 0. The van der Waals surface area contributed by atoms with E-state index in [9.17, 15) is 0 Å². The van der Waals surface area contributed by atoms with Crippen molar-refractivity contribution in [3.05, 3.63) is 58.5 Å². The molecule has 1 aromatic carbocycles. The Hall–Kier alpha value is -1.54. The van der Waals surface area contributed by atoms with Gasteiger partial charge in [0.1, 0.15) is 11.5 Å². The van der Waals surface area contributed by atoms with Crippen LogP contribution in [0.4, 0.5) is 0 Å². The summed E-state index contributed by atoms with van der Waals surface area (Å²) in [6, 6.07) is 11.3. The van der Waals surface area contributed by atoms with Crippen LogP contribution < -0.4 is 5.32 Å². The van der Waals surface area contributed by atoms with Crippen molar-refractivity contribution in [3.8, 4) is 0 Å². The zero-order valence-corrected chi connectivity index (χ0v) is 12.4. The van der Waals surface area contributed by atoms with Gasteiger partial charge in [-0.2, -0.15) is 0 Å². The molecule has 0 radical (unpaired) electrons. The van der Waals surface area contributed by atoms with Crippen LogP contribution >= 0.6 is 0 Å². The van der Waals surface area contributed by atoms with Crippen LogP contribution in [0.25, 0.3) is 0 Å². The van der Waals surface area contributed by atoms with Gasteiger partial charge in [0.05, 0.1) is 6.04 Å². The molecule has 1 N–H and O–H groups in total. The topological polar surface area (TPSA) is 25.2 Å². The second kappa shape index (κ2) is 5.84. The number of aryl methyl sites for hydroxylation is 3. The van der Waals surface area contributed by atoms with Gasteiger partial charge in [0.25, 0.3) is 0 Å². The fourth-order valence-electron chi connectivity index (χ4n) is 3.10. The first-order valence-corrected chi connectivity index (χ1v) is 7.75. The molecule has 1 aromatic heterocycles. The first-order chi connectivity index (χ1) is 9.81. The van der Waals surface area contributed by atoms with E-state index in [4.69, 9.17) is 4.42 Å². The van der Waals surface area contributed by atoms with Crippen LogP contribution in [-0.2, 0) is 19.3 Å². The third-order valence-corrected chi connectivity index (χ3v) is 4.18. The maximum Gasteiger partial charge on any atom is 0.125 e. The minimum atomic E-state index is 0.172. The second-order valence-electron chi connectivity index (χ2n) is 5.53. The molecule has 0 spiro atoms. The van der Waals surface area contributed by atoms with Gasteiger partial charge in [-0.3, -0.25) is 0 Å². The number of rotatable bonds is 5. The lowest BCUT2D eigenvalue weighted by Gasteiger charge is -2.17. The SMILES string of the molecule is CCNC(c1ccc2c(c1)CCC2)c1ccc(CC)o1. The van der Waals surface area contributed by atoms with Crippen molar-refractivity contribution in [3.63, 3.8) is 0 Å². The second-order valence-corrected chi connectivity index (χ2v) is 5.53. The van der Waals surface area contributed by atoms with Crippen LogP contribution in [0.2, 0.25) is 0 Å². The Morgan fingerprint density at radius 2 is 1.95 bits per heavy atom. The van der Waals surface area contributed by atoms with E-state index in [0.29, 0.717) is 0 Å². The third-order valence-electron chi connectivity index (χ3n) is 4.18. The van der Waals surface area contributed by atoms with E-state index >= 15 is 0 Å². The molecule has 0 saturated heterocycles. The predicted molar refractivity (Wildman–Crippen MR) is 82.1 cm³/mol. The monoisotopic (exact) mass is 269 g/mol. The Kier molecular flexibility index (Phi) is 3.93. The van der Waals surface area contributed by atoms with Gasteiger partial charge in [-0.25, -0.2) is 0 Å².